The van der Waals surface area contributed by atoms with Gasteiger partial charge in [-0.1, -0.05) is 17.7 Å². The Morgan fingerprint density at radius 2 is 2.00 bits per heavy atom. The number of halogens is 2. The van der Waals surface area contributed by atoms with Crippen molar-refractivity contribution in [2.45, 2.75) is 6.54 Å². The normalized spacial score (nSPS) is 11.0. The topological polar surface area (TPSA) is 48.1 Å². The fraction of sp³-hybridized carbons (Fsp3) is 0.0667. The van der Waals surface area contributed by atoms with Gasteiger partial charge in [-0.15, -0.1) is 0 Å². The van der Waals surface area contributed by atoms with Crippen molar-refractivity contribution in [2.24, 2.45) is 0 Å². The predicted octanol–water partition coefficient (Wildman–Crippen LogP) is 4.39. The van der Waals surface area contributed by atoms with Crippen LogP contribution in [-0.4, -0.2) is 9.49 Å². The van der Waals surface area contributed by atoms with E-state index in [1.165, 1.54) is 12.1 Å². The molecule has 0 amide bonds. The molecule has 0 aliphatic heterocycles. The van der Waals surface area contributed by atoms with Crippen molar-refractivity contribution in [3.8, 4) is 0 Å². The largest absolute Gasteiger partial charge is 0.343 e. The maximum absolute atomic E-state index is 13.6. The highest BCUT2D eigenvalue weighted by atomic mass is 35.5. The summed E-state index contributed by atoms with van der Waals surface area (Å²) in [6.45, 7) is 0.431. The molecule has 0 radical (unpaired) electrons. The molecule has 0 unspecified atom stereocenters. The molecular weight excluding hydrogens is 295 g/mol. The van der Waals surface area contributed by atoms with Crippen LogP contribution in [0.15, 0.2) is 48.7 Å². The van der Waals surface area contributed by atoms with Gasteiger partial charge in [-0.2, -0.15) is 4.39 Å². The van der Waals surface area contributed by atoms with Crippen LogP contribution in [0.2, 0.25) is 5.02 Å². The van der Waals surface area contributed by atoms with E-state index in [0.29, 0.717) is 17.1 Å². The molecule has 0 N–H and O–H groups in total. The molecule has 1 aromatic heterocycles. The van der Waals surface area contributed by atoms with E-state index in [0.717, 1.165) is 10.9 Å². The summed E-state index contributed by atoms with van der Waals surface area (Å²) in [4.78, 5) is 9.87. The zero-order valence-electron chi connectivity index (χ0n) is 10.8. The number of nitrogens with zero attached hydrogens (tertiary/aromatic N) is 2. The first-order valence-corrected chi connectivity index (χ1v) is 6.59. The number of nitro benzene ring substituents is 1. The van der Waals surface area contributed by atoms with Crippen LogP contribution in [0.1, 0.15) is 5.56 Å². The second kappa shape index (κ2) is 5.18. The molecule has 1 heterocycles. The van der Waals surface area contributed by atoms with Crippen molar-refractivity contribution in [1.82, 2.24) is 4.57 Å². The molecule has 6 heteroatoms. The summed E-state index contributed by atoms with van der Waals surface area (Å²) in [5, 5.41) is 12.2. The highest BCUT2D eigenvalue weighted by Crippen LogP contribution is 2.23. The Morgan fingerprint density at radius 3 is 2.71 bits per heavy atom. The molecule has 0 atom stereocenters. The minimum absolute atomic E-state index is 0.431. The average Bonchev–Trinajstić information content (AvgIpc) is 2.80. The Balaban J connectivity index is 1.95. The smallest absolute Gasteiger partial charge is 0.304 e. The summed E-state index contributed by atoms with van der Waals surface area (Å²) < 4.78 is 15.6. The molecule has 0 fully saturated rings. The Bertz CT molecular complexity index is 845. The summed E-state index contributed by atoms with van der Waals surface area (Å²) >= 11 is 5.93. The van der Waals surface area contributed by atoms with Crippen molar-refractivity contribution in [1.29, 1.82) is 0 Å². The Labute approximate surface area is 124 Å². The molecule has 106 valence electrons. The Kier molecular flexibility index (Phi) is 3.35. The number of hydrogen-bond donors (Lipinski definition) is 0. The van der Waals surface area contributed by atoms with E-state index in [1.54, 1.807) is 12.1 Å². The van der Waals surface area contributed by atoms with Crippen molar-refractivity contribution in [2.75, 3.05) is 0 Å². The van der Waals surface area contributed by atoms with E-state index in [9.17, 15) is 14.5 Å². The lowest BCUT2D eigenvalue weighted by atomic mass is 10.2. The van der Waals surface area contributed by atoms with Crippen LogP contribution in [0.4, 0.5) is 10.1 Å². The Hall–Kier alpha value is -2.40. The molecule has 3 rings (SSSR count). The standard InChI is InChI=1S/C15H10ClFN2O2/c16-12-2-4-14-11(8-12)5-6-18(14)9-10-1-3-15(19(20)21)13(17)7-10/h1-8H,9H2. The molecule has 4 nitrogen and oxygen atoms in total. The zero-order valence-corrected chi connectivity index (χ0v) is 11.5. The number of benzene rings is 2. The predicted molar refractivity (Wildman–Crippen MR) is 79.1 cm³/mol. The summed E-state index contributed by atoms with van der Waals surface area (Å²) in [6, 6.07) is 11.4. The summed E-state index contributed by atoms with van der Waals surface area (Å²) in [7, 11) is 0. The van der Waals surface area contributed by atoms with Crippen molar-refractivity contribution in [3.63, 3.8) is 0 Å². The van der Waals surface area contributed by atoms with Crippen LogP contribution < -0.4 is 0 Å². The first-order chi connectivity index (χ1) is 10.0. The van der Waals surface area contributed by atoms with Crippen LogP contribution in [0.5, 0.6) is 0 Å². The molecule has 21 heavy (non-hydrogen) atoms. The van der Waals surface area contributed by atoms with Crippen molar-refractivity contribution < 1.29 is 9.31 Å². The SMILES string of the molecule is O=[N+]([O-])c1ccc(Cn2ccc3cc(Cl)ccc32)cc1F. The lowest BCUT2D eigenvalue weighted by Crippen LogP contribution is -2.00. The number of rotatable bonds is 3. The Morgan fingerprint density at radius 1 is 1.19 bits per heavy atom. The number of nitro groups is 1. The van der Waals surface area contributed by atoms with Crippen molar-refractivity contribution >= 4 is 28.2 Å². The van der Waals surface area contributed by atoms with Gasteiger partial charge in [-0.05, 0) is 35.9 Å². The van der Waals surface area contributed by atoms with Gasteiger partial charge in [0.2, 0.25) is 5.82 Å². The van der Waals surface area contributed by atoms with Gasteiger partial charge in [0.25, 0.3) is 0 Å². The second-order valence-corrected chi connectivity index (χ2v) is 5.13. The van der Waals surface area contributed by atoms with E-state index in [-0.39, 0.29) is 0 Å². The minimum atomic E-state index is -0.822. The number of fused-ring (bicyclic) bond motifs is 1. The number of aromatic nitrogens is 1. The maximum atomic E-state index is 13.6. The lowest BCUT2D eigenvalue weighted by Gasteiger charge is -2.06. The zero-order chi connectivity index (χ0) is 15.0. The van der Waals surface area contributed by atoms with Gasteiger partial charge in [-0.25, -0.2) is 0 Å². The molecule has 0 aliphatic rings. The third-order valence-electron chi connectivity index (χ3n) is 3.29. The van der Waals surface area contributed by atoms with Gasteiger partial charge in [0, 0.05) is 34.7 Å². The molecule has 0 bridgehead atoms. The average molecular weight is 305 g/mol. The van der Waals surface area contributed by atoms with E-state index in [1.807, 2.05) is 29.0 Å². The highest BCUT2D eigenvalue weighted by molar-refractivity contribution is 6.31. The third-order valence-corrected chi connectivity index (χ3v) is 3.53. The quantitative estimate of drug-likeness (QED) is 0.532. The summed E-state index contributed by atoms with van der Waals surface area (Å²) in [5.74, 6) is -0.822. The molecule has 2 aromatic carbocycles. The molecule has 0 saturated carbocycles. The molecule has 0 aliphatic carbocycles. The van der Waals surface area contributed by atoms with E-state index in [2.05, 4.69) is 0 Å². The fourth-order valence-corrected chi connectivity index (χ4v) is 2.48. The maximum Gasteiger partial charge on any atom is 0.304 e. The first-order valence-electron chi connectivity index (χ1n) is 6.22. The first kappa shape index (κ1) is 13.6. The van der Waals surface area contributed by atoms with Gasteiger partial charge in [0.15, 0.2) is 0 Å². The van der Waals surface area contributed by atoms with Crippen molar-refractivity contribution in [3.05, 3.63) is 75.2 Å². The van der Waals surface area contributed by atoms with Gasteiger partial charge in [-0.3, -0.25) is 10.1 Å². The van der Waals surface area contributed by atoms with Gasteiger partial charge in [0.1, 0.15) is 0 Å². The van der Waals surface area contributed by atoms with Gasteiger partial charge in [0.05, 0.1) is 4.92 Å². The van der Waals surface area contributed by atoms with E-state index >= 15 is 0 Å². The summed E-state index contributed by atoms with van der Waals surface area (Å²) in [5.41, 5.74) is 1.12. The monoisotopic (exact) mass is 304 g/mol. The van der Waals surface area contributed by atoms with Crippen LogP contribution in [0.25, 0.3) is 10.9 Å². The second-order valence-electron chi connectivity index (χ2n) is 4.69. The van der Waals surface area contributed by atoms with Crippen LogP contribution in [-0.2, 0) is 6.54 Å². The van der Waals surface area contributed by atoms with E-state index in [4.69, 9.17) is 11.6 Å². The highest BCUT2D eigenvalue weighted by Gasteiger charge is 2.14. The summed E-state index contributed by atoms with van der Waals surface area (Å²) in [6.07, 6.45) is 1.88. The van der Waals surface area contributed by atoms with Crippen LogP contribution in [0.3, 0.4) is 0 Å². The van der Waals surface area contributed by atoms with E-state index < -0.39 is 16.4 Å². The number of hydrogen-bond acceptors (Lipinski definition) is 2. The van der Waals surface area contributed by atoms with Gasteiger partial charge >= 0.3 is 5.69 Å². The van der Waals surface area contributed by atoms with Gasteiger partial charge < -0.3 is 4.57 Å². The molecule has 0 saturated heterocycles. The molecule has 3 aromatic rings. The van der Waals surface area contributed by atoms with Crippen LogP contribution in [0, 0.1) is 15.9 Å². The van der Waals surface area contributed by atoms with Crippen LogP contribution >= 0.6 is 11.6 Å². The lowest BCUT2D eigenvalue weighted by molar-refractivity contribution is -0.387. The molecular formula is C15H10ClFN2O2. The fourth-order valence-electron chi connectivity index (χ4n) is 2.30. The minimum Gasteiger partial charge on any atom is -0.343 e. The molecule has 0 spiro atoms. The third kappa shape index (κ3) is 2.60.